The van der Waals surface area contributed by atoms with Crippen LogP contribution in [0.3, 0.4) is 0 Å². The summed E-state index contributed by atoms with van der Waals surface area (Å²) in [5.41, 5.74) is -0.0655. The number of aromatic carboxylic acids is 1. The lowest BCUT2D eigenvalue weighted by molar-refractivity contribution is 0.0696. The van der Waals surface area contributed by atoms with Gasteiger partial charge in [0.1, 0.15) is 0 Å². The highest BCUT2D eigenvalue weighted by Crippen LogP contribution is 2.06. The number of carboxylic acids is 1. The van der Waals surface area contributed by atoms with Crippen molar-refractivity contribution >= 4 is 16.0 Å². The Kier molecular flexibility index (Phi) is 6.05. The van der Waals surface area contributed by atoms with E-state index in [1.807, 2.05) is 13.8 Å². The van der Waals surface area contributed by atoms with Crippen molar-refractivity contribution in [3.05, 3.63) is 23.9 Å². The van der Waals surface area contributed by atoms with Crippen LogP contribution in [0, 0.1) is 5.92 Å². The Morgan fingerprint density at radius 2 is 2.15 bits per heavy atom. The van der Waals surface area contributed by atoms with Gasteiger partial charge in [-0.2, -0.15) is 0 Å². The van der Waals surface area contributed by atoms with E-state index in [2.05, 4.69) is 9.71 Å². The lowest BCUT2D eigenvalue weighted by atomic mass is 10.2. The third kappa shape index (κ3) is 5.24. The van der Waals surface area contributed by atoms with Gasteiger partial charge >= 0.3 is 5.97 Å². The Balaban J connectivity index is 2.54. The van der Waals surface area contributed by atoms with Crippen LogP contribution in [0.25, 0.3) is 0 Å². The lowest BCUT2D eigenvalue weighted by Gasteiger charge is -2.08. The molecule has 0 radical (unpaired) electrons. The maximum Gasteiger partial charge on any atom is 0.337 e. The Hall–Kier alpha value is -1.51. The van der Waals surface area contributed by atoms with Crippen LogP contribution < -0.4 is 4.72 Å². The summed E-state index contributed by atoms with van der Waals surface area (Å²) >= 11 is 0. The number of carbonyl (C=O) groups is 1. The van der Waals surface area contributed by atoms with Crippen molar-refractivity contribution in [2.75, 3.05) is 19.8 Å². The van der Waals surface area contributed by atoms with Crippen LogP contribution in [0.4, 0.5) is 0 Å². The van der Waals surface area contributed by atoms with Gasteiger partial charge in [-0.25, -0.2) is 22.9 Å². The second-order valence-electron chi connectivity index (χ2n) is 4.56. The van der Waals surface area contributed by atoms with Crippen LogP contribution in [-0.4, -0.2) is 44.2 Å². The molecule has 0 aliphatic carbocycles. The first-order valence-electron chi connectivity index (χ1n) is 6.09. The number of hydrogen-bond acceptors (Lipinski definition) is 5. The molecule has 0 saturated heterocycles. The highest BCUT2D eigenvalue weighted by molar-refractivity contribution is 7.89. The summed E-state index contributed by atoms with van der Waals surface area (Å²) in [7, 11) is -3.74. The molecule has 0 atom stereocenters. The first kappa shape index (κ1) is 16.5. The largest absolute Gasteiger partial charge is 0.478 e. The van der Waals surface area contributed by atoms with E-state index in [4.69, 9.17) is 9.84 Å². The standard InChI is InChI=1S/C12H18N2O5S/c1-9(2)8-19-6-5-14-20(17,18)11-4-3-10(7-13-11)12(15)16/h3-4,7,9,14H,5-6,8H2,1-2H3,(H,15,16). The molecule has 1 aromatic rings. The van der Waals surface area contributed by atoms with E-state index < -0.39 is 16.0 Å². The SMILES string of the molecule is CC(C)COCCNS(=O)(=O)c1ccc(C(=O)O)cn1. The molecule has 0 aliphatic heterocycles. The van der Waals surface area contributed by atoms with Crippen LogP contribution in [0.2, 0.25) is 0 Å². The van der Waals surface area contributed by atoms with Crippen molar-refractivity contribution in [3.8, 4) is 0 Å². The zero-order chi connectivity index (χ0) is 15.2. The number of sulfonamides is 1. The minimum absolute atomic E-state index is 0.0655. The lowest BCUT2D eigenvalue weighted by Crippen LogP contribution is -2.28. The summed E-state index contributed by atoms with van der Waals surface area (Å²) in [6, 6.07) is 2.35. The van der Waals surface area contributed by atoms with Crippen LogP contribution in [0.1, 0.15) is 24.2 Å². The van der Waals surface area contributed by atoms with Crippen molar-refractivity contribution in [2.45, 2.75) is 18.9 Å². The van der Waals surface area contributed by atoms with Gasteiger partial charge in [0.2, 0.25) is 0 Å². The summed E-state index contributed by atoms with van der Waals surface area (Å²) < 4.78 is 31.3. The molecule has 0 bridgehead atoms. The van der Waals surface area contributed by atoms with Crippen LogP contribution in [0.15, 0.2) is 23.4 Å². The van der Waals surface area contributed by atoms with E-state index in [0.29, 0.717) is 12.5 Å². The maximum atomic E-state index is 11.8. The number of pyridine rings is 1. The molecule has 7 nitrogen and oxygen atoms in total. The molecule has 0 unspecified atom stereocenters. The summed E-state index contributed by atoms with van der Waals surface area (Å²) in [6.07, 6.45) is 1.01. The second kappa shape index (κ2) is 7.32. The van der Waals surface area contributed by atoms with E-state index in [0.717, 1.165) is 12.3 Å². The van der Waals surface area contributed by atoms with Crippen molar-refractivity contribution in [1.82, 2.24) is 9.71 Å². The number of hydrogen-bond donors (Lipinski definition) is 2. The first-order chi connectivity index (χ1) is 9.33. The molecule has 0 aliphatic rings. The molecule has 1 rings (SSSR count). The van der Waals surface area contributed by atoms with Gasteiger partial charge in [0, 0.05) is 19.3 Å². The van der Waals surface area contributed by atoms with Gasteiger partial charge in [-0.1, -0.05) is 13.8 Å². The molecule has 8 heteroatoms. The third-order valence-electron chi connectivity index (χ3n) is 2.25. The second-order valence-corrected chi connectivity index (χ2v) is 6.27. The van der Waals surface area contributed by atoms with E-state index in [1.165, 1.54) is 6.07 Å². The summed E-state index contributed by atoms with van der Waals surface area (Å²) in [6.45, 7) is 4.96. The van der Waals surface area contributed by atoms with Crippen molar-refractivity contribution in [2.24, 2.45) is 5.92 Å². The monoisotopic (exact) mass is 302 g/mol. The third-order valence-corrected chi connectivity index (χ3v) is 3.62. The smallest absolute Gasteiger partial charge is 0.337 e. The fourth-order valence-corrected chi connectivity index (χ4v) is 2.25. The van der Waals surface area contributed by atoms with Gasteiger partial charge in [0.05, 0.1) is 12.2 Å². The van der Waals surface area contributed by atoms with Gasteiger partial charge in [-0.05, 0) is 18.1 Å². The van der Waals surface area contributed by atoms with Crippen molar-refractivity contribution in [3.63, 3.8) is 0 Å². The summed E-state index contributed by atoms with van der Waals surface area (Å²) in [5, 5.41) is 8.49. The number of nitrogens with zero attached hydrogens (tertiary/aromatic N) is 1. The number of rotatable bonds is 8. The molecule has 20 heavy (non-hydrogen) atoms. The normalized spacial score (nSPS) is 11.8. The minimum Gasteiger partial charge on any atom is -0.478 e. The van der Waals surface area contributed by atoms with Crippen LogP contribution in [-0.2, 0) is 14.8 Å². The van der Waals surface area contributed by atoms with Gasteiger partial charge in [-0.15, -0.1) is 0 Å². The minimum atomic E-state index is -3.74. The highest BCUT2D eigenvalue weighted by Gasteiger charge is 2.15. The predicted octanol–water partition coefficient (Wildman–Crippen LogP) is 0.731. The van der Waals surface area contributed by atoms with E-state index >= 15 is 0 Å². The van der Waals surface area contributed by atoms with Crippen LogP contribution >= 0.6 is 0 Å². The molecular formula is C12H18N2O5S. The zero-order valence-corrected chi connectivity index (χ0v) is 12.2. The van der Waals surface area contributed by atoms with Gasteiger partial charge in [-0.3, -0.25) is 0 Å². The van der Waals surface area contributed by atoms with Crippen molar-refractivity contribution in [1.29, 1.82) is 0 Å². The number of nitrogens with one attached hydrogen (secondary N) is 1. The van der Waals surface area contributed by atoms with E-state index in [1.54, 1.807) is 0 Å². The number of aromatic nitrogens is 1. The predicted molar refractivity (Wildman–Crippen MR) is 72.0 cm³/mol. The summed E-state index contributed by atoms with van der Waals surface area (Å²) in [4.78, 5) is 14.3. The van der Waals surface area contributed by atoms with E-state index in [-0.39, 0.29) is 23.7 Å². The fourth-order valence-electron chi connectivity index (χ4n) is 1.31. The number of ether oxygens (including phenoxy) is 1. The molecule has 1 heterocycles. The van der Waals surface area contributed by atoms with Gasteiger partial charge in [0.25, 0.3) is 10.0 Å². The summed E-state index contributed by atoms with van der Waals surface area (Å²) in [5.74, 6) is -0.770. The molecule has 0 spiro atoms. The Bertz CT molecular complexity index is 539. The molecule has 1 aromatic heterocycles. The fraction of sp³-hybridized carbons (Fsp3) is 0.500. The number of carboxylic acid groups (broad SMARTS) is 1. The maximum absolute atomic E-state index is 11.8. The molecule has 0 aromatic carbocycles. The van der Waals surface area contributed by atoms with Gasteiger partial charge in [0.15, 0.2) is 5.03 Å². The molecule has 112 valence electrons. The highest BCUT2D eigenvalue weighted by atomic mass is 32.2. The Labute approximate surface area is 118 Å². The first-order valence-corrected chi connectivity index (χ1v) is 7.58. The topological polar surface area (TPSA) is 106 Å². The Morgan fingerprint density at radius 1 is 1.45 bits per heavy atom. The van der Waals surface area contributed by atoms with Crippen LogP contribution in [0.5, 0.6) is 0 Å². The molecule has 2 N–H and O–H groups in total. The molecule has 0 fully saturated rings. The molecule has 0 saturated carbocycles. The molecular weight excluding hydrogens is 284 g/mol. The average Bonchev–Trinajstić information content (AvgIpc) is 2.38. The quantitative estimate of drug-likeness (QED) is 0.686. The van der Waals surface area contributed by atoms with Crippen molar-refractivity contribution < 1.29 is 23.1 Å². The Morgan fingerprint density at radius 3 is 2.65 bits per heavy atom. The van der Waals surface area contributed by atoms with E-state index in [9.17, 15) is 13.2 Å². The zero-order valence-electron chi connectivity index (χ0n) is 11.4. The molecule has 0 amide bonds. The average molecular weight is 302 g/mol. The van der Waals surface area contributed by atoms with Gasteiger partial charge < -0.3 is 9.84 Å².